The van der Waals surface area contributed by atoms with Gasteiger partial charge < -0.3 is 9.64 Å². The highest BCUT2D eigenvalue weighted by molar-refractivity contribution is 7.89. The minimum absolute atomic E-state index is 0.124. The smallest absolute Gasteiger partial charge is 0.244 e. The Kier molecular flexibility index (Phi) is 5.78. The van der Waals surface area contributed by atoms with Crippen molar-refractivity contribution in [1.82, 2.24) is 19.4 Å². The summed E-state index contributed by atoms with van der Waals surface area (Å²) in [5.41, 5.74) is 3.72. The standard InChI is InChI=1S/C26H31N5O3S/c1-29-17-22(14-27-29)35(32,33)28-20-15-31(16-20)21-8-9-26-24(13-21)23(12-19-6-3-2-4-7-19)25(18-34-26)30-10-5-11-30/h2-4,6-9,13-14,17,20,23,25,28H,5,10-12,15-16,18H2,1H3/t23-,25+/m1/s1. The molecule has 9 heteroatoms. The van der Waals surface area contributed by atoms with Crippen LogP contribution >= 0.6 is 0 Å². The van der Waals surface area contributed by atoms with Gasteiger partial charge in [-0.25, -0.2) is 13.1 Å². The molecule has 6 rings (SSSR count). The number of aromatic nitrogens is 2. The Morgan fingerprint density at radius 2 is 1.91 bits per heavy atom. The molecule has 4 heterocycles. The van der Waals surface area contributed by atoms with Crippen LogP contribution < -0.4 is 14.4 Å². The molecule has 1 aromatic heterocycles. The molecule has 0 unspecified atom stereocenters. The normalized spacial score (nSPS) is 22.7. The molecule has 0 spiro atoms. The van der Waals surface area contributed by atoms with E-state index in [0.29, 0.717) is 25.0 Å². The van der Waals surface area contributed by atoms with E-state index in [-0.39, 0.29) is 10.9 Å². The van der Waals surface area contributed by atoms with Crippen LogP contribution in [0.2, 0.25) is 0 Å². The maximum atomic E-state index is 12.6. The topological polar surface area (TPSA) is 79.7 Å². The Bertz CT molecular complexity index is 1300. The Morgan fingerprint density at radius 3 is 2.60 bits per heavy atom. The summed E-state index contributed by atoms with van der Waals surface area (Å²) in [4.78, 5) is 4.98. The molecule has 0 saturated carbocycles. The van der Waals surface area contributed by atoms with Gasteiger partial charge in [0.15, 0.2) is 0 Å². The zero-order chi connectivity index (χ0) is 24.0. The molecule has 2 fully saturated rings. The molecule has 0 amide bonds. The average Bonchev–Trinajstić information content (AvgIpc) is 3.24. The Balaban J connectivity index is 1.19. The summed E-state index contributed by atoms with van der Waals surface area (Å²) in [5, 5.41) is 3.97. The van der Waals surface area contributed by atoms with Crippen molar-refractivity contribution in [3.63, 3.8) is 0 Å². The van der Waals surface area contributed by atoms with Gasteiger partial charge in [-0.15, -0.1) is 0 Å². The van der Waals surface area contributed by atoms with Crippen molar-refractivity contribution in [2.45, 2.75) is 35.7 Å². The number of fused-ring (bicyclic) bond motifs is 1. The average molecular weight is 494 g/mol. The van der Waals surface area contributed by atoms with E-state index in [0.717, 1.165) is 37.6 Å². The molecule has 3 aliphatic heterocycles. The molecule has 2 saturated heterocycles. The van der Waals surface area contributed by atoms with Gasteiger partial charge in [0.05, 0.1) is 18.3 Å². The second kappa shape index (κ2) is 8.96. The van der Waals surface area contributed by atoms with Gasteiger partial charge in [0, 0.05) is 43.5 Å². The third-order valence-electron chi connectivity index (χ3n) is 7.49. The van der Waals surface area contributed by atoms with Crippen LogP contribution in [0, 0.1) is 0 Å². The molecule has 184 valence electrons. The number of likely N-dealkylation sites (tertiary alicyclic amines) is 1. The maximum absolute atomic E-state index is 12.6. The fourth-order valence-electron chi connectivity index (χ4n) is 5.39. The van der Waals surface area contributed by atoms with E-state index < -0.39 is 10.0 Å². The fraction of sp³-hybridized carbons (Fsp3) is 0.423. The van der Waals surface area contributed by atoms with Crippen molar-refractivity contribution < 1.29 is 13.2 Å². The second-order valence-corrected chi connectivity index (χ2v) is 11.6. The highest BCUT2D eigenvalue weighted by Gasteiger charge is 2.38. The molecule has 1 N–H and O–H groups in total. The first-order chi connectivity index (χ1) is 17.0. The lowest BCUT2D eigenvalue weighted by atomic mass is 9.82. The first kappa shape index (κ1) is 22.6. The van der Waals surface area contributed by atoms with E-state index in [1.165, 1.54) is 34.6 Å². The number of anilines is 1. The number of hydrogen-bond acceptors (Lipinski definition) is 6. The van der Waals surface area contributed by atoms with Crippen LogP contribution in [-0.4, -0.2) is 68.0 Å². The van der Waals surface area contributed by atoms with Crippen LogP contribution in [0.1, 0.15) is 23.5 Å². The SMILES string of the molecule is Cn1cc(S(=O)(=O)NC2CN(c3ccc4c(c3)[C@@H](Cc3ccccc3)[C@@H](N3CCC3)CO4)C2)cn1. The number of nitrogens with zero attached hydrogens (tertiary/aromatic N) is 4. The van der Waals surface area contributed by atoms with E-state index in [1.807, 2.05) is 0 Å². The van der Waals surface area contributed by atoms with Crippen molar-refractivity contribution in [2.75, 3.05) is 37.7 Å². The number of benzene rings is 2. The zero-order valence-corrected chi connectivity index (χ0v) is 20.7. The van der Waals surface area contributed by atoms with Crippen LogP contribution in [0.25, 0.3) is 0 Å². The molecular formula is C26H31N5O3S. The predicted octanol–water partition coefficient (Wildman–Crippen LogP) is 2.38. The minimum atomic E-state index is -3.56. The molecule has 2 aromatic carbocycles. The quantitative estimate of drug-likeness (QED) is 0.545. The van der Waals surface area contributed by atoms with Crippen LogP contribution in [0.4, 0.5) is 5.69 Å². The Hall–Kier alpha value is -2.88. The largest absolute Gasteiger partial charge is 0.492 e. The fourth-order valence-corrected chi connectivity index (χ4v) is 6.59. The van der Waals surface area contributed by atoms with Crippen molar-refractivity contribution in [3.8, 4) is 5.75 Å². The number of aryl methyl sites for hydroxylation is 1. The van der Waals surface area contributed by atoms with E-state index >= 15 is 0 Å². The summed E-state index contributed by atoms with van der Waals surface area (Å²) in [5.74, 6) is 1.34. The molecule has 35 heavy (non-hydrogen) atoms. The van der Waals surface area contributed by atoms with Crippen LogP contribution in [0.5, 0.6) is 5.75 Å². The third kappa shape index (κ3) is 4.44. The van der Waals surface area contributed by atoms with Crippen molar-refractivity contribution in [1.29, 1.82) is 0 Å². The lowest BCUT2D eigenvalue weighted by Crippen LogP contribution is -2.59. The number of nitrogens with one attached hydrogen (secondary N) is 1. The predicted molar refractivity (Wildman–Crippen MR) is 134 cm³/mol. The summed E-state index contributed by atoms with van der Waals surface area (Å²) in [7, 11) is -1.85. The summed E-state index contributed by atoms with van der Waals surface area (Å²) in [6.07, 6.45) is 5.13. The monoisotopic (exact) mass is 493 g/mol. The summed E-state index contributed by atoms with van der Waals surface area (Å²) >= 11 is 0. The Morgan fingerprint density at radius 1 is 1.11 bits per heavy atom. The molecule has 3 aromatic rings. The number of ether oxygens (including phenoxy) is 1. The highest BCUT2D eigenvalue weighted by Crippen LogP contribution is 2.41. The van der Waals surface area contributed by atoms with E-state index in [2.05, 4.69) is 68.2 Å². The van der Waals surface area contributed by atoms with Gasteiger partial charge in [0.1, 0.15) is 17.3 Å². The van der Waals surface area contributed by atoms with Crippen LogP contribution in [-0.2, 0) is 23.5 Å². The number of rotatable bonds is 7. The molecule has 8 nitrogen and oxygen atoms in total. The first-order valence-corrected chi connectivity index (χ1v) is 13.8. The minimum Gasteiger partial charge on any atom is -0.492 e. The molecule has 3 aliphatic rings. The van der Waals surface area contributed by atoms with Crippen LogP contribution in [0.3, 0.4) is 0 Å². The summed E-state index contributed by atoms with van der Waals surface area (Å²) in [6, 6.07) is 17.4. The van der Waals surface area contributed by atoms with E-state index in [1.54, 1.807) is 7.05 Å². The van der Waals surface area contributed by atoms with Gasteiger partial charge in [0.25, 0.3) is 0 Å². The number of sulfonamides is 1. The molecule has 0 radical (unpaired) electrons. The summed E-state index contributed by atoms with van der Waals surface area (Å²) < 4.78 is 35.8. The van der Waals surface area contributed by atoms with Gasteiger partial charge in [-0.2, -0.15) is 5.10 Å². The van der Waals surface area contributed by atoms with Crippen molar-refractivity contribution in [2.24, 2.45) is 7.05 Å². The zero-order valence-electron chi connectivity index (χ0n) is 19.9. The lowest BCUT2D eigenvalue weighted by molar-refractivity contribution is 0.0502. The van der Waals surface area contributed by atoms with E-state index in [9.17, 15) is 8.42 Å². The van der Waals surface area contributed by atoms with Gasteiger partial charge in [0.2, 0.25) is 10.0 Å². The lowest BCUT2D eigenvalue weighted by Gasteiger charge is -2.46. The maximum Gasteiger partial charge on any atom is 0.244 e. The first-order valence-electron chi connectivity index (χ1n) is 12.3. The molecular weight excluding hydrogens is 462 g/mol. The highest BCUT2D eigenvalue weighted by atomic mass is 32.2. The van der Waals surface area contributed by atoms with Gasteiger partial charge in [-0.05, 0) is 49.7 Å². The number of hydrogen-bond donors (Lipinski definition) is 1. The van der Waals surface area contributed by atoms with Crippen molar-refractivity contribution >= 4 is 15.7 Å². The summed E-state index contributed by atoms with van der Waals surface area (Å²) in [6.45, 7) is 4.28. The van der Waals surface area contributed by atoms with Gasteiger partial charge in [-0.1, -0.05) is 30.3 Å². The van der Waals surface area contributed by atoms with E-state index in [4.69, 9.17) is 4.74 Å². The third-order valence-corrected chi connectivity index (χ3v) is 8.96. The van der Waals surface area contributed by atoms with Crippen LogP contribution in [0.15, 0.2) is 65.8 Å². The van der Waals surface area contributed by atoms with Crippen molar-refractivity contribution in [3.05, 3.63) is 72.1 Å². The Labute approximate surface area is 206 Å². The van der Waals surface area contributed by atoms with Gasteiger partial charge in [-0.3, -0.25) is 9.58 Å². The molecule has 0 aliphatic carbocycles. The van der Waals surface area contributed by atoms with Gasteiger partial charge >= 0.3 is 0 Å². The molecule has 0 bridgehead atoms. The second-order valence-electron chi connectivity index (χ2n) is 9.86. The molecule has 2 atom stereocenters.